The van der Waals surface area contributed by atoms with Crippen LogP contribution in [0.3, 0.4) is 0 Å². The topological polar surface area (TPSA) is 142 Å². The molecule has 27 heavy (non-hydrogen) atoms. The summed E-state index contributed by atoms with van der Waals surface area (Å²) >= 11 is 0. The van der Waals surface area contributed by atoms with Crippen LogP contribution < -0.4 is 11.2 Å². The van der Waals surface area contributed by atoms with Gasteiger partial charge in [-0.2, -0.15) is 0 Å². The number of nitrogens with one attached hydrogen (secondary N) is 1. The molecule has 0 saturated carbocycles. The van der Waals surface area contributed by atoms with E-state index in [1.807, 2.05) is 13.1 Å². The molecule has 0 radical (unpaired) electrons. The van der Waals surface area contributed by atoms with Gasteiger partial charge >= 0.3 is 5.69 Å². The van der Waals surface area contributed by atoms with E-state index in [0.717, 1.165) is 0 Å². The predicted octanol–water partition coefficient (Wildman–Crippen LogP) is 2.09. The minimum atomic E-state index is -2.32. The van der Waals surface area contributed by atoms with E-state index >= 15 is 0 Å². The average molecular weight is 398 g/mol. The number of aliphatic hydroxyl groups is 1. The third-order valence-electron chi connectivity index (χ3n) is 5.49. The van der Waals surface area contributed by atoms with Gasteiger partial charge in [-0.15, -0.1) is 0 Å². The van der Waals surface area contributed by atoms with Crippen LogP contribution in [-0.2, 0) is 9.16 Å². The summed E-state index contributed by atoms with van der Waals surface area (Å²) in [7, 11) is -2.32. The lowest BCUT2D eigenvalue weighted by Crippen LogP contribution is -2.52. The highest BCUT2D eigenvalue weighted by Crippen LogP contribution is 2.47. The Balaban J connectivity index is 2.54. The second-order valence-electron chi connectivity index (χ2n) is 8.38. The monoisotopic (exact) mass is 397 g/mol. The quantitative estimate of drug-likeness (QED) is 0.338. The van der Waals surface area contributed by atoms with Gasteiger partial charge < -0.3 is 14.3 Å². The molecule has 0 aromatic carbocycles. The Morgan fingerprint density at radius 1 is 1.48 bits per heavy atom. The minimum absolute atomic E-state index is 0.128. The summed E-state index contributed by atoms with van der Waals surface area (Å²) in [5.74, 6) is -0.430. The second kappa shape index (κ2) is 7.25. The molecule has 0 spiro atoms. The number of aliphatic hydroxyl groups excluding tert-OH is 1. The highest BCUT2D eigenvalue weighted by molar-refractivity contribution is 6.74. The standard InChI is InChI=1S/C16H27N5O5Si/c1-10-12(26-27(5,6)15(2,3)4)16(9-22,19-20-17)25-13(10)21-8-7-11(23)18-14(21)24/h7-8,10,12-13,22H,9H2,1-6H3,(H,18,23,24)/t10-,12-,13+,16+/m0/s1. The Kier molecular flexibility index (Phi) is 5.74. The maximum atomic E-state index is 12.2. The molecule has 0 amide bonds. The molecule has 2 heterocycles. The molecule has 2 N–H and O–H groups in total. The van der Waals surface area contributed by atoms with Gasteiger partial charge in [-0.1, -0.05) is 32.8 Å². The van der Waals surface area contributed by atoms with Gasteiger partial charge in [0.2, 0.25) is 0 Å². The average Bonchev–Trinajstić information content (AvgIpc) is 2.80. The summed E-state index contributed by atoms with van der Waals surface area (Å²) in [5, 5.41) is 13.6. The zero-order chi connectivity index (χ0) is 20.6. The Hall–Kier alpha value is -1.91. The lowest BCUT2D eigenvalue weighted by molar-refractivity contribution is -0.122. The fourth-order valence-corrected chi connectivity index (χ4v) is 4.28. The Labute approximate surface area is 157 Å². The smallest absolute Gasteiger partial charge is 0.330 e. The van der Waals surface area contributed by atoms with Crippen LogP contribution in [0, 0.1) is 5.92 Å². The van der Waals surface area contributed by atoms with E-state index in [1.165, 1.54) is 16.8 Å². The molecule has 1 aliphatic heterocycles. The highest BCUT2D eigenvalue weighted by atomic mass is 28.4. The fraction of sp³-hybridized carbons (Fsp3) is 0.750. The van der Waals surface area contributed by atoms with E-state index < -0.39 is 50.1 Å². The third-order valence-corrected chi connectivity index (χ3v) is 9.95. The molecule has 0 unspecified atom stereocenters. The summed E-state index contributed by atoms with van der Waals surface area (Å²) in [5.41, 5.74) is 6.20. The molecule has 1 saturated heterocycles. The van der Waals surface area contributed by atoms with Crippen molar-refractivity contribution < 1.29 is 14.3 Å². The number of rotatable bonds is 5. The van der Waals surface area contributed by atoms with Gasteiger partial charge in [0.25, 0.3) is 5.56 Å². The van der Waals surface area contributed by atoms with Crippen molar-refractivity contribution in [2.75, 3.05) is 6.61 Å². The number of nitrogens with zero attached hydrogens (tertiary/aromatic N) is 4. The van der Waals surface area contributed by atoms with E-state index in [1.54, 1.807) is 6.92 Å². The lowest BCUT2D eigenvalue weighted by atomic mass is 9.98. The number of aromatic nitrogens is 2. The summed E-state index contributed by atoms with van der Waals surface area (Å²) in [6, 6.07) is 1.20. The molecule has 1 aromatic rings. The van der Waals surface area contributed by atoms with Crippen molar-refractivity contribution in [2.45, 2.75) is 63.9 Å². The van der Waals surface area contributed by atoms with E-state index in [-0.39, 0.29) is 5.04 Å². The molecule has 11 heteroatoms. The van der Waals surface area contributed by atoms with E-state index in [4.69, 9.17) is 14.7 Å². The van der Waals surface area contributed by atoms with Crippen LogP contribution in [0.1, 0.15) is 33.9 Å². The molecule has 2 rings (SSSR count). The van der Waals surface area contributed by atoms with E-state index in [0.29, 0.717) is 0 Å². The van der Waals surface area contributed by atoms with Crippen LogP contribution in [0.2, 0.25) is 18.1 Å². The van der Waals surface area contributed by atoms with Crippen molar-refractivity contribution in [1.82, 2.24) is 9.55 Å². The van der Waals surface area contributed by atoms with Crippen LogP contribution in [0.4, 0.5) is 0 Å². The van der Waals surface area contributed by atoms with Gasteiger partial charge in [-0.05, 0) is 23.7 Å². The van der Waals surface area contributed by atoms with Crippen molar-refractivity contribution >= 4 is 8.32 Å². The molecule has 1 aliphatic rings. The number of ether oxygens (including phenoxy) is 1. The summed E-state index contributed by atoms with van der Waals surface area (Å²) < 4.78 is 13.6. The van der Waals surface area contributed by atoms with Gasteiger partial charge in [0, 0.05) is 23.1 Å². The molecular weight excluding hydrogens is 370 g/mol. The van der Waals surface area contributed by atoms with Gasteiger partial charge in [0.15, 0.2) is 14.0 Å². The Bertz CT molecular complexity index is 854. The van der Waals surface area contributed by atoms with Crippen LogP contribution in [0.25, 0.3) is 10.4 Å². The molecule has 1 aromatic heterocycles. The summed E-state index contributed by atoms with van der Waals surface area (Å²) in [6.07, 6.45) is -0.320. The molecule has 0 bridgehead atoms. The van der Waals surface area contributed by atoms with Gasteiger partial charge in [-0.3, -0.25) is 14.3 Å². The summed E-state index contributed by atoms with van der Waals surface area (Å²) in [4.78, 5) is 28.6. The first-order chi connectivity index (χ1) is 12.4. The third kappa shape index (κ3) is 3.87. The van der Waals surface area contributed by atoms with Crippen molar-refractivity contribution in [3.8, 4) is 0 Å². The maximum absolute atomic E-state index is 12.2. The van der Waals surface area contributed by atoms with Crippen molar-refractivity contribution in [2.24, 2.45) is 11.0 Å². The molecule has 150 valence electrons. The first-order valence-electron chi connectivity index (χ1n) is 8.73. The van der Waals surface area contributed by atoms with Crippen LogP contribution in [-0.4, -0.2) is 41.4 Å². The molecule has 0 aliphatic carbocycles. The number of hydrogen-bond acceptors (Lipinski definition) is 6. The lowest BCUT2D eigenvalue weighted by Gasteiger charge is -2.42. The number of azide groups is 1. The van der Waals surface area contributed by atoms with E-state index in [9.17, 15) is 14.7 Å². The van der Waals surface area contributed by atoms with E-state index in [2.05, 4.69) is 35.8 Å². The van der Waals surface area contributed by atoms with Crippen LogP contribution >= 0.6 is 0 Å². The summed E-state index contributed by atoms with van der Waals surface area (Å²) in [6.45, 7) is 11.5. The largest absolute Gasteiger partial charge is 0.410 e. The predicted molar refractivity (Wildman–Crippen MR) is 102 cm³/mol. The maximum Gasteiger partial charge on any atom is 0.330 e. The second-order valence-corrected chi connectivity index (χ2v) is 13.1. The molecular formula is C16H27N5O5Si. The SMILES string of the molecule is C[C@@H]1[C@H](n2ccc(=O)[nH]c2=O)O[C@@](CO)(N=[N+]=[N-])[C@H]1O[Si](C)(C)C(C)(C)C. The number of aromatic amines is 1. The first kappa shape index (κ1) is 21.4. The van der Waals surface area contributed by atoms with Gasteiger partial charge in [0.05, 0.1) is 12.7 Å². The van der Waals surface area contributed by atoms with Gasteiger partial charge in [0.1, 0.15) is 6.23 Å². The van der Waals surface area contributed by atoms with Crippen LogP contribution in [0.15, 0.2) is 27.0 Å². The van der Waals surface area contributed by atoms with Crippen molar-refractivity contribution in [1.29, 1.82) is 0 Å². The molecule has 10 nitrogen and oxygen atoms in total. The van der Waals surface area contributed by atoms with Crippen molar-refractivity contribution in [3.05, 3.63) is 43.5 Å². The zero-order valence-corrected chi connectivity index (χ0v) is 17.5. The minimum Gasteiger partial charge on any atom is -0.410 e. The molecule has 1 fully saturated rings. The number of H-pyrrole nitrogens is 1. The van der Waals surface area contributed by atoms with Gasteiger partial charge in [-0.25, -0.2) is 4.79 Å². The number of hydrogen-bond donors (Lipinski definition) is 2. The van der Waals surface area contributed by atoms with Crippen LogP contribution in [0.5, 0.6) is 0 Å². The first-order valence-corrected chi connectivity index (χ1v) is 11.6. The zero-order valence-electron chi connectivity index (χ0n) is 16.5. The Morgan fingerprint density at radius 2 is 2.11 bits per heavy atom. The fourth-order valence-electron chi connectivity index (χ4n) is 2.89. The van der Waals surface area contributed by atoms with Crippen molar-refractivity contribution in [3.63, 3.8) is 0 Å². The highest BCUT2D eigenvalue weighted by Gasteiger charge is 2.57. The normalized spacial score (nSPS) is 28.8. The Morgan fingerprint density at radius 3 is 2.59 bits per heavy atom. The molecule has 4 atom stereocenters.